The van der Waals surface area contributed by atoms with E-state index in [0.29, 0.717) is 13.0 Å². The number of carbonyl (C=O) groups is 1. The molecule has 1 aromatic rings. The Hall–Kier alpha value is -1.44. The second kappa shape index (κ2) is 8.60. The fourth-order valence-electron chi connectivity index (χ4n) is 2.97. The first-order valence-corrected chi connectivity index (χ1v) is 10.1. The molecule has 6 nitrogen and oxygen atoms in total. The number of nitrogens with two attached hydrogens (primary N) is 1. The third kappa shape index (κ3) is 5.58. The smallest absolute Gasteiger partial charge is 0.238 e. The van der Waals surface area contributed by atoms with E-state index in [9.17, 15) is 13.2 Å². The van der Waals surface area contributed by atoms with Crippen LogP contribution in [0.3, 0.4) is 0 Å². The Morgan fingerprint density at radius 1 is 1.17 bits per heavy atom. The van der Waals surface area contributed by atoms with E-state index in [0.717, 1.165) is 31.5 Å². The number of hydrogen-bond donors (Lipinski definition) is 2. The summed E-state index contributed by atoms with van der Waals surface area (Å²) >= 11 is 0. The zero-order chi connectivity index (χ0) is 17.6. The van der Waals surface area contributed by atoms with Crippen molar-refractivity contribution in [2.75, 3.05) is 19.6 Å². The molecule has 0 spiro atoms. The molecule has 2 rings (SSSR count). The van der Waals surface area contributed by atoms with Gasteiger partial charge in [0.1, 0.15) is 0 Å². The van der Waals surface area contributed by atoms with Gasteiger partial charge < -0.3 is 5.32 Å². The molecule has 1 aromatic carbocycles. The molecular formula is C17H27N3O3S. The van der Waals surface area contributed by atoms with E-state index in [1.54, 1.807) is 12.1 Å². The first-order valence-electron chi connectivity index (χ1n) is 8.51. The fourth-order valence-corrected chi connectivity index (χ4v) is 3.49. The van der Waals surface area contributed by atoms with Crippen molar-refractivity contribution in [1.82, 2.24) is 10.2 Å². The van der Waals surface area contributed by atoms with E-state index in [4.69, 9.17) is 5.14 Å². The standard InChI is InChI=1S/C17H27N3O3S/c1-14(20-12-4-2-3-5-13-20)17(21)19-11-10-15-6-8-16(9-7-15)24(18,22)23/h6-9,14H,2-5,10-13H2,1H3,(H,19,21)(H2,18,22,23)/t14-/m1/s1. The van der Waals surface area contributed by atoms with Crippen LogP contribution in [-0.4, -0.2) is 44.9 Å². The number of benzene rings is 1. The van der Waals surface area contributed by atoms with Crippen LogP contribution in [-0.2, 0) is 21.2 Å². The van der Waals surface area contributed by atoms with Gasteiger partial charge in [-0.15, -0.1) is 0 Å². The molecule has 7 heteroatoms. The van der Waals surface area contributed by atoms with Crippen LogP contribution in [0.2, 0.25) is 0 Å². The fraction of sp³-hybridized carbons (Fsp3) is 0.588. The zero-order valence-corrected chi connectivity index (χ0v) is 15.0. The van der Waals surface area contributed by atoms with E-state index >= 15 is 0 Å². The van der Waals surface area contributed by atoms with Crippen LogP contribution in [0.15, 0.2) is 29.2 Å². The van der Waals surface area contributed by atoms with Crippen LogP contribution in [0.5, 0.6) is 0 Å². The minimum absolute atomic E-state index is 0.0538. The van der Waals surface area contributed by atoms with Crippen molar-refractivity contribution < 1.29 is 13.2 Å². The molecule has 1 fully saturated rings. The number of sulfonamides is 1. The summed E-state index contributed by atoms with van der Waals surface area (Å²) in [5.74, 6) is 0.0538. The van der Waals surface area contributed by atoms with Gasteiger partial charge in [0.05, 0.1) is 10.9 Å². The maximum absolute atomic E-state index is 12.3. The predicted molar refractivity (Wildman–Crippen MR) is 94.0 cm³/mol. The monoisotopic (exact) mass is 353 g/mol. The van der Waals surface area contributed by atoms with Crippen LogP contribution in [0.4, 0.5) is 0 Å². The lowest BCUT2D eigenvalue weighted by molar-refractivity contribution is -0.125. The van der Waals surface area contributed by atoms with Crippen molar-refractivity contribution in [2.45, 2.75) is 50.0 Å². The number of rotatable bonds is 6. The van der Waals surface area contributed by atoms with E-state index in [1.165, 1.54) is 25.0 Å². The van der Waals surface area contributed by atoms with Crippen molar-refractivity contribution >= 4 is 15.9 Å². The van der Waals surface area contributed by atoms with Crippen LogP contribution in [0.25, 0.3) is 0 Å². The Kier molecular flexibility index (Phi) is 6.77. The lowest BCUT2D eigenvalue weighted by Crippen LogP contribution is -2.46. The SMILES string of the molecule is C[C@H](C(=O)NCCc1ccc(S(N)(=O)=O)cc1)N1CCCCCC1. The van der Waals surface area contributed by atoms with Crippen molar-refractivity contribution in [1.29, 1.82) is 0 Å². The third-order valence-corrected chi connectivity index (χ3v) is 5.46. The summed E-state index contributed by atoms with van der Waals surface area (Å²) < 4.78 is 22.4. The number of likely N-dealkylation sites (tertiary alicyclic amines) is 1. The summed E-state index contributed by atoms with van der Waals surface area (Å²) in [5, 5.41) is 8.04. The van der Waals surface area contributed by atoms with Gasteiger partial charge in [-0.05, 0) is 57.0 Å². The van der Waals surface area contributed by atoms with Gasteiger partial charge in [0.25, 0.3) is 0 Å². The van der Waals surface area contributed by atoms with Crippen molar-refractivity contribution in [3.8, 4) is 0 Å². The molecule has 1 aliphatic rings. The normalized spacial score (nSPS) is 17.9. The Morgan fingerprint density at radius 2 is 1.75 bits per heavy atom. The molecule has 0 bridgehead atoms. The maximum atomic E-state index is 12.3. The number of nitrogens with one attached hydrogen (secondary N) is 1. The van der Waals surface area contributed by atoms with Crippen molar-refractivity contribution in [2.24, 2.45) is 5.14 Å². The molecule has 1 amide bonds. The summed E-state index contributed by atoms with van der Waals surface area (Å²) in [6, 6.07) is 6.33. The first-order chi connectivity index (χ1) is 11.4. The molecule has 24 heavy (non-hydrogen) atoms. The zero-order valence-electron chi connectivity index (χ0n) is 14.2. The van der Waals surface area contributed by atoms with Gasteiger partial charge in [-0.3, -0.25) is 9.69 Å². The van der Waals surface area contributed by atoms with E-state index in [-0.39, 0.29) is 16.8 Å². The Morgan fingerprint density at radius 3 is 2.29 bits per heavy atom. The van der Waals surface area contributed by atoms with Crippen LogP contribution in [0.1, 0.15) is 38.2 Å². The Labute approximate surface area is 144 Å². The van der Waals surface area contributed by atoms with E-state index in [1.807, 2.05) is 6.92 Å². The number of carbonyl (C=O) groups excluding carboxylic acids is 1. The number of primary sulfonamides is 1. The molecule has 0 unspecified atom stereocenters. The maximum Gasteiger partial charge on any atom is 0.238 e. The minimum atomic E-state index is -3.66. The Bertz CT molecular complexity index is 636. The molecule has 3 N–H and O–H groups in total. The summed E-state index contributed by atoms with van der Waals surface area (Å²) in [6.07, 6.45) is 5.48. The molecule has 134 valence electrons. The van der Waals surface area contributed by atoms with Gasteiger partial charge in [0.2, 0.25) is 15.9 Å². The van der Waals surface area contributed by atoms with Gasteiger partial charge in [-0.25, -0.2) is 13.6 Å². The number of amides is 1. The van der Waals surface area contributed by atoms with Crippen LogP contribution in [0, 0.1) is 0 Å². The highest BCUT2D eigenvalue weighted by atomic mass is 32.2. The van der Waals surface area contributed by atoms with E-state index < -0.39 is 10.0 Å². The lowest BCUT2D eigenvalue weighted by atomic mass is 10.1. The molecule has 1 saturated heterocycles. The summed E-state index contributed by atoms with van der Waals surface area (Å²) in [6.45, 7) is 4.47. The average molecular weight is 353 g/mol. The molecule has 0 aromatic heterocycles. The minimum Gasteiger partial charge on any atom is -0.354 e. The first kappa shape index (κ1) is 18.9. The molecule has 0 radical (unpaired) electrons. The largest absolute Gasteiger partial charge is 0.354 e. The highest BCUT2D eigenvalue weighted by molar-refractivity contribution is 7.89. The molecule has 1 heterocycles. The van der Waals surface area contributed by atoms with Gasteiger partial charge in [-0.1, -0.05) is 25.0 Å². The summed E-state index contributed by atoms with van der Waals surface area (Å²) in [7, 11) is -3.66. The summed E-state index contributed by atoms with van der Waals surface area (Å²) in [4.78, 5) is 14.6. The van der Waals surface area contributed by atoms with Gasteiger partial charge in [-0.2, -0.15) is 0 Å². The van der Waals surface area contributed by atoms with E-state index in [2.05, 4.69) is 10.2 Å². The highest BCUT2D eigenvalue weighted by Gasteiger charge is 2.21. The topological polar surface area (TPSA) is 92.5 Å². The predicted octanol–water partition coefficient (Wildman–Crippen LogP) is 1.26. The molecule has 1 aliphatic heterocycles. The number of nitrogens with zero attached hydrogens (tertiary/aromatic N) is 1. The molecule has 0 saturated carbocycles. The summed E-state index contributed by atoms with van der Waals surface area (Å²) in [5.41, 5.74) is 0.963. The van der Waals surface area contributed by atoms with Gasteiger partial charge in [0, 0.05) is 6.54 Å². The second-order valence-electron chi connectivity index (χ2n) is 6.36. The van der Waals surface area contributed by atoms with Crippen LogP contribution < -0.4 is 10.5 Å². The second-order valence-corrected chi connectivity index (χ2v) is 7.92. The molecule has 1 atom stereocenters. The molecule has 0 aliphatic carbocycles. The van der Waals surface area contributed by atoms with Crippen molar-refractivity contribution in [3.05, 3.63) is 29.8 Å². The number of hydrogen-bond acceptors (Lipinski definition) is 4. The Balaban J connectivity index is 1.79. The van der Waals surface area contributed by atoms with Gasteiger partial charge in [0.15, 0.2) is 0 Å². The quantitative estimate of drug-likeness (QED) is 0.805. The van der Waals surface area contributed by atoms with Gasteiger partial charge >= 0.3 is 0 Å². The lowest BCUT2D eigenvalue weighted by Gasteiger charge is -2.26. The average Bonchev–Trinajstić information content (AvgIpc) is 2.83. The highest BCUT2D eigenvalue weighted by Crippen LogP contribution is 2.13. The third-order valence-electron chi connectivity index (χ3n) is 4.53. The van der Waals surface area contributed by atoms with Crippen LogP contribution >= 0.6 is 0 Å². The molecular weight excluding hydrogens is 326 g/mol. The van der Waals surface area contributed by atoms with Crippen molar-refractivity contribution in [3.63, 3.8) is 0 Å².